The van der Waals surface area contributed by atoms with Crippen LogP contribution in [0.1, 0.15) is 24.2 Å². The molecule has 0 saturated heterocycles. The minimum Gasteiger partial charge on any atom is -0.484 e. The van der Waals surface area contributed by atoms with Gasteiger partial charge in [0.05, 0.1) is 6.61 Å². The largest absolute Gasteiger partial charge is 0.484 e. The van der Waals surface area contributed by atoms with Crippen molar-refractivity contribution >= 4 is 11.6 Å². The molecule has 2 atom stereocenters. The molecule has 0 aliphatic rings. The van der Waals surface area contributed by atoms with Crippen molar-refractivity contribution in [3.8, 4) is 5.75 Å². The average molecular weight is 292 g/mol. The van der Waals surface area contributed by atoms with Crippen LogP contribution in [0.15, 0.2) is 48.5 Å². The quantitative estimate of drug-likeness (QED) is 0.889. The second-order valence-electron chi connectivity index (χ2n) is 4.72. The van der Waals surface area contributed by atoms with Gasteiger partial charge in [0.2, 0.25) is 0 Å². The van der Waals surface area contributed by atoms with E-state index in [1.807, 2.05) is 49.4 Å². The molecule has 0 saturated carbocycles. The average Bonchev–Trinajstić information content (AvgIpc) is 2.45. The molecule has 0 spiro atoms. The zero-order chi connectivity index (χ0) is 14.5. The number of benzene rings is 2. The maximum Gasteiger partial charge on any atom is 0.140 e. The lowest BCUT2D eigenvalue weighted by Gasteiger charge is -2.24. The monoisotopic (exact) mass is 291 g/mol. The van der Waals surface area contributed by atoms with Crippen LogP contribution in [-0.2, 0) is 6.61 Å². The Hall–Kier alpha value is -1.55. The highest BCUT2D eigenvalue weighted by Gasteiger charge is 2.20. The molecule has 2 aromatic carbocycles. The standard InChI is InChI=1S/C16H18ClNO2/c1-11(18)16(14-7-2-3-8-15(14)17)20-13-6-4-5-12(9-13)10-19/h2-9,11,16,19H,10,18H2,1H3. The van der Waals surface area contributed by atoms with Crippen molar-refractivity contribution in [2.75, 3.05) is 0 Å². The van der Waals surface area contributed by atoms with Gasteiger partial charge in [-0.05, 0) is 30.7 Å². The van der Waals surface area contributed by atoms with E-state index in [9.17, 15) is 0 Å². The van der Waals surface area contributed by atoms with Gasteiger partial charge >= 0.3 is 0 Å². The molecule has 2 rings (SSSR count). The maximum absolute atomic E-state index is 9.17. The third kappa shape index (κ3) is 3.51. The molecule has 0 bridgehead atoms. The van der Waals surface area contributed by atoms with Crippen LogP contribution in [0.2, 0.25) is 5.02 Å². The molecule has 4 heteroatoms. The van der Waals surface area contributed by atoms with E-state index in [1.165, 1.54) is 0 Å². The van der Waals surface area contributed by atoms with Gasteiger partial charge in [-0.25, -0.2) is 0 Å². The Bertz CT molecular complexity index is 572. The molecule has 2 unspecified atom stereocenters. The van der Waals surface area contributed by atoms with Crippen LogP contribution < -0.4 is 10.5 Å². The van der Waals surface area contributed by atoms with E-state index >= 15 is 0 Å². The molecule has 2 aromatic rings. The van der Waals surface area contributed by atoms with Crippen LogP contribution in [0, 0.1) is 0 Å². The van der Waals surface area contributed by atoms with Crippen molar-refractivity contribution < 1.29 is 9.84 Å². The fraction of sp³-hybridized carbons (Fsp3) is 0.250. The summed E-state index contributed by atoms with van der Waals surface area (Å²) in [7, 11) is 0. The second kappa shape index (κ2) is 6.75. The lowest BCUT2D eigenvalue weighted by molar-refractivity contribution is 0.180. The minimum absolute atomic E-state index is 0.0217. The zero-order valence-corrected chi connectivity index (χ0v) is 12.0. The summed E-state index contributed by atoms with van der Waals surface area (Å²) in [6.07, 6.45) is -0.336. The number of rotatable bonds is 5. The number of hydrogen-bond acceptors (Lipinski definition) is 3. The Morgan fingerprint density at radius 3 is 2.60 bits per heavy atom. The van der Waals surface area contributed by atoms with E-state index in [4.69, 9.17) is 27.2 Å². The summed E-state index contributed by atoms with van der Waals surface area (Å²) < 4.78 is 5.96. The van der Waals surface area contributed by atoms with Crippen LogP contribution in [0.25, 0.3) is 0 Å². The fourth-order valence-electron chi connectivity index (χ4n) is 2.02. The Balaban J connectivity index is 2.28. The number of aliphatic hydroxyl groups excluding tert-OH is 1. The molecule has 0 aliphatic carbocycles. The van der Waals surface area contributed by atoms with Gasteiger partial charge in [0.1, 0.15) is 11.9 Å². The third-order valence-electron chi connectivity index (χ3n) is 3.03. The highest BCUT2D eigenvalue weighted by Crippen LogP contribution is 2.29. The first kappa shape index (κ1) is 14.9. The summed E-state index contributed by atoms with van der Waals surface area (Å²) in [5.41, 5.74) is 7.68. The highest BCUT2D eigenvalue weighted by molar-refractivity contribution is 6.31. The Kier molecular flexibility index (Phi) is 5.01. The summed E-state index contributed by atoms with van der Waals surface area (Å²) in [5.74, 6) is 0.666. The highest BCUT2D eigenvalue weighted by atomic mass is 35.5. The number of aliphatic hydroxyl groups is 1. The molecule has 0 fully saturated rings. The van der Waals surface area contributed by atoms with Gasteiger partial charge in [0, 0.05) is 16.6 Å². The first-order valence-electron chi connectivity index (χ1n) is 6.48. The van der Waals surface area contributed by atoms with Crippen molar-refractivity contribution in [2.24, 2.45) is 5.73 Å². The van der Waals surface area contributed by atoms with E-state index in [0.29, 0.717) is 10.8 Å². The summed E-state index contributed by atoms with van der Waals surface area (Å²) in [4.78, 5) is 0. The van der Waals surface area contributed by atoms with Gasteiger partial charge in [-0.2, -0.15) is 0 Å². The van der Waals surface area contributed by atoms with Gasteiger partial charge in [0.15, 0.2) is 0 Å². The van der Waals surface area contributed by atoms with Crippen LogP contribution in [-0.4, -0.2) is 11.1 Å². The first-order valence-corrected chi connectivity index (χ1v) is 6.86. The lowest BCUT2D eigenvalue weighted by atomic mass is 10.0. The lowest BCUT2D eigenvalue weighted by Crippen LogP contribution is -2.29. The molecule has 3 nitrogen and oxygen atoms in total. The van der Waals surface area contributed by atoms with Gasteiger partial charge in [0.25, 0.3) is 0 Å². The first-order chi connectivity index (χ1) is 9.61. The third-order valence-corrected chi connectivity index (χ3v) is 3.38. The summed E-state index contributed by atoms with van der Waals surface area (Å²) in [6, 6.07) is 14.6. The topological polar surface area (TPSA) is 55.5 Å². The molecule has 0 aromatic heterocycles. The number of ether oxygens (including phenoxy) is 1. The van der Waals surface area contributed by atoms with Crippen molar-refractivity contribution in [2.45, 2.75) is 25.7 Å². The maximum atomic E-state index is 9.17. The minimum atomic E-state index is -0.336. The van der Waals surface area contributed by atoms with Crippen molar-refractivity contribution in [1.82, 2.24) is 0 Å². The molecular formula is C16H18ClNO2. The second-order valence-corrected chi connectivity index (χ2v) is 5.13. The summed E-state index contributed by atoms with van der Waals surface area (Å²) in [6.45, 7) is 1.86. The molecular weight excluding hydrogens is 274 g/mol. The number of halogens is 1. The molecule has 20 heavy (non-hydrogen) atoms. The Morgan fingerprint density at radius 1 is 1.20 bits per heavy atom. The van der Waals surface area contributed by atoms with Crippen LogP contribution in [0.3, 0.4) is 0 Å². The fourth-order valence-corrected chi connectivity index (χ4v) is 2.27. The Morgan fingerprint density at radius 2 is 1.95 bits per heavy atom. The molecule has 0 radical (unpaired) electrons. The van der Waals surface area contributed by atoms with Crippen molar-refractivity contribution in [3.05, 3.63) is 64.7 Å². The predicted octanol–water partition coefficient (Wildman–Crippen LogP) is 3.30. The summed E-state index contributed by atoms with van der Waals surface area (Å²) in [5, 5.41) is 9.80. The number of nitrogens with two attached hydrogens (primary N) is 1. The molecule has 106 valence electrons. The van der Waals surface area contributed by atoms with Gasteiger partial charge in [-0.15, -0.1) is 0 Å². The number of hydrogen-bond donors (Lipinski definition) is 2. The van der Waals surface area contributed by atoms with Gasteiger partial charge in [-0.1, -0.05) is 41.9 Å². The SMILES string of the molecule is CC(N)C(Oc1cccc(CO)c1)c1ccccc1Cl. The normalized spacial score (nSPS) is 13.8. The smallest absolute Gasteiger partial charge is 0.140 e. The van der Waals surface area contributed by atoms with Crippen molar-refractivity contribution in [3.63, 3.8) is 0 Å². The van der Waals surface area contributed by atoms with Crippen LogP contribution >= 0.6 is 11.6 Å². The molecule has 0 heterocycles. The van der Waals surface area contributed by atoms with E-state index in [0.717, 1.165) is 11.1 Å². The van der Waals surface area contributed by atoms with E-state index in [2.05, 4.69) is 0 Å². The predicted molar refractivity (Wildman–Crippen MR) is 80.8 cm³/mol. The molecule has 0 aliphatic heterocycles. The van der Waals surface area contributed by atoms with E-state index in [1.54, 1.807) is 6.07 Å². The van der Waals surface area contributed by atoms with E-state index in [-0.39, 0.29) is 18.8 Å². The van der Waals surface area contributed by atoms with Crippen LogP contribution in [0.4, 0.5) is 0 Å². The van der Waals surface area contributed by atoms with Crippen LogP contribution in [0.5, 0.6) is 5.75 Å². The zero-order valence-electron chi connectivity index (χ0n) is 11.3. The van der Waals surface area contributed by atoms with Gasteiger partial charge < -0.3 is 15.6 Å². The van der Waals surface area contributed by atoms with Gasteiger partial charge in [-0.3, -0.25) is 0 Å². The van der Waals surface area contributed by atoms with E-state index < -0.39 is 0 Å². The molecule has 0 amide bonds. The Labute approximate surface area is 123 Å². The summed E-state index contributed by atoms with van der Waals surface area (Å²) >= 11 is 6.21. The molecule has 3 N–H and O–H groups in total. The van der Waals surface area contributed by atoms with Crippen molar-refractivity contribution in [1.29, 1.82) is 0 Å².